The summed E-state index contributed by atoms with van der Waals surface area (Å²) in [5.41, 5.74) is 0.629. The lowest BCUT2D eigenvalue weighted by Gasteiger charge is -2.34. The maximum absolute atomic E-state index is 12.4. The molecule has 2 aliphatic rings. The molecule has 0 bridgehead atoms. The molecule has 126 valence electrons. The zero-order chi connectivity index (χ0) is 16.6. The number of anilines is 1. The van der Waals surface area contributed by atoms with Crippen LogP contribution in [0.3, 0.4) is 0 Å². The van der Waals surface area contributed by atoms with Gasteiger partial charge in [0.25, 0.3) is 10.0 Å². The summed E-state index contributed by atoms with van der Waals surface area (Å²) in [7, 11) is -3.59. The average Bonchev–Trinajstić information content (AvgIpc) is 3.35. The summed E-state index contributed by atoms with van der Waals surface area (Å²) in [6.45, 7) is 7.24. The fourth-order valence-electron chi connectivity index (χ4n) is 3.09. The molecule has 0 aromatic heterocycles. The lowest BCUT2D eigenvalue weighted by molar-refractivity contribution is 0.172. The number of nitrogens with zero attached hydrogens (tertiary/aromatic N) is 2. The second-order valence-corrected chi connectivity index (χ2v) is 8.24. The van der Waals surface area contributed by atoms with Crippen molar-refractivity contribution in [3.8, 4) is 0 Å². The number of hydrogen-bond donors (Lipinski definition) is 1. The fraction of sp³-hybridized carbons (Fsp3) is 0.588. The van der Waals surface area contributed by atoms with Gasteiger partial charge in [0.15, 0.2) is 0 Å². The molecule has 0 saturated heterocycles. The Labute approximate surface area is 138 Å². The third-order valence-corrected chi connectivity index (χ3v) is 6.39. The number of amidine groups is 1. The molecule has 1 aromatic carbocycles. The number of para-hydroxylation sites is 1. The molecule has 0 amide bonds. The summed E-state index contributed by atoms with van der Waals surface area (Å²) >= 11 is 0. The molecule has 2 atom stereocenters. The first-order valence-electron chi connectivity index (χ1n) is 8.38. The number of rotatable bonds is 6. The van der Waals surface area contributed by atoms with Crippen LogP contribution in [0.1, 0.15) is 40.0 Å². The van der Waals surface area contributed by atoms with Gasteiger partial charge in [-0.15, -0.1) is 4.40 Å². The largest absolute Gasteiger partial charge is 0.341 e. The first kappa shape index (κ1) is 16.5. The van der Waals surface area contributed by atoms with Gasteiger partial charge in [0.05, 0.1) is 12.2 Å². The molecule has 1 N–H and O–H groups in total. The van der Waals surface area contributed by atoms with Gasteiger partial charge in [-0.05, 0) is 37.8 Å². The van der Waals surface area contributed by atoms with Crippen molar-refractivity contribution >= 4 is 21.5 Å². The molecule has 1 fully saturated rings. The normalized spacial score (nSPS) is 22.0. The van der Waals surface area contributed by atoms with Gasteiger partial charge in [-0.1, -0.05) is 32.4 Å². The lowest BCUT2D eigenvalue weighted by atomic mass is 9.99. The van der Waals surface area contributed by atoms with Crippen molar-refractivity contribution < 1.29 is 8.42 Å². The van der Waals surface area contributed by atoms with Gasteiger partial charge in [0.2, 0.25) is 0 Å². The Kier molecular flexibility index (Phi) is 4.47. The second-order valence-electron chi connectivity index (χ2n) is 6.66. The second kappa shape index (κ2) is 6.24. The lowest BCUT2D eigenvalue weighted by Crippen LogP contribution is -2.44. The summed E-state index contributed by atoms with van der Waals surface area (Å²) in [6.07, 6.45) is 3.50. The molecule has 1 aliphatic carbocycles. The Bertz CT molecular complexity index is 710. The average molecular weight is 335 g/mol. The van der Waals surface area contributed by atoms with Crippen LogP contribution < -0.4 is 5.32 Å². The molecule has 1 saturated carbocycles. The number of benzene rings is 1. The van der Waals surface area contributed by atoms with E-state index in [1.54, 1.807) is 18.2 Å². The molecular formula is C17H25N3O2S. The highest BCUT2D eigenvalue weighted by atomic mass is 32.2. The highest BCUT2D eigenvalue weighted by Gasteiger charge is 2.35. The molecule has 3 rings (SSSR count). The SMILES string of the molecule is CC[C@H](C)[C@H](C)N(CC1=NS(=O)(=O)c2ccccc2N1)C1CC1. The van der Waals surface area contributed by atoms with Crippen LogP contribution in [0.2, 0.25) is 0 Å². The Morgan fingerprint density at radius 1 is 1.30 bits per heavy atom. The molecule has 23 heavy (non-hydrogen) atoms. The summed E-state index contributed by atoms with van der Waals surface area (Å²) in [4.78, 5) is 2.67. The van der Waals surface area contributed by atoms with E-state index in [1.165, 1.54) is 12.8 Å². The van der Waals surface area contributed by atoms with Gasteiger partial charge >= 0.3 is 0 Å². The number of sulfonamides is 1. The van der Waals surface area contributed by atoms with Crippen molar-refractivity contribution in [1.82, 2.24) is 4.90 Å². The summed E-state index contributed by atoms with van der Waals surface area (Å²) in [6, 6.07) is 7.92. The fourth-order valence-corrected chi connectivity index (χ4v) is 4.23. The van der Waals surface area contributed by atoms with E-state index in [9.17, 15) is 8.42 Å². The van der Waals surface area contributed by atoms with E-state index in [0.717, 1.165) is 6.42 Å². The van der Waals surface area contributed by atoms with Gasteiger partial charge in [-0.25, -0.2) is 0 Å². The van der Waals surface area contributed by atoms with E-state index < -0.39 is 10.0 Å². The Balaban J connectivity index is 1.83. The van der Waals surface area contributed by atoms with Crippen LogP contribution in [-0.4, -0.2) is 37.8 Å². The van der Waals surface area contributed by atoms with Crippen LogP contribution in [0.5, 0.6) is 0 Å². The minimum absolute atomic E-state index is 0.261. The molecule has 0 spiro atoms. The monoisotopic (exact) mass is 335 g/mol. The zero-order valence-electron chi connectivity index (χ0n) is 14.0. The van der Waals surface area contributed by atoms with Crippen molar-refractivity contribution in [2.75, 3.05) is 11.9 Å². The molecule has 1 aliphatic heterocycles. The zero-order valence-corrected chi connectivity index (χ0v) is 14.8. The first-order chi connectivity index (χ1) is 10.9. The highest BCUT2D eigenvalue weighted by Crippen LogP contribution is 2.32. The Morgan fingerprint density at radius 2 is 2.00 bits per heavy atom. The smallest absolute Gasteiger partial charge is 0.286 e. The van der Waals surface area contributed by atoms with Gasteiger partial charge in [0, 0.05) is 12.1 Å². The number of hydrogen-bond acceptors (Lipinski definition) is 4. The van der Waals surface area contributed by atoms with Gasteiger partial charge in [-0.3, -0.25) is 4.90 Å². The van der Waals surface area contributed by atoms with Crippen LogP contribution in [-0.2, 0) is 10.0 Å². The molecule has 0 radical (unpaired) electrons. The van der Waals surface area contributed by atoms with Gasteiger partial charge in [-0.2, -0.15) is 8.42 Å². The predicted molar refractivity (Wildman–Crippen MR) is 93.3 cm³/mol. The van der Waals surface area contributed by atoms with Crippen molar-refractivity contribution in [3.63, 3.8) is 0 Å². The summed E-state index contributed by atoms with van der Waals surface area (Å²) in [5, 5.41) is 3.21. The first-order valence-corrected chi connectivity index (χ1v) is 9.82. The van der Waals surface area contributed by atoms with Crippen molar-refractivity contribution in [2.24, 2.45) is 10.3 Å². The third kappa shape index (κ3) is 3.43. The molecule has 0 unspecified atom stereocenters. The Hall–Kier alpha value is -1.40. The summed E-state index contributed by atoms with van der Waals surface area (Å²) < 4.78 is 28.7. The van der Waals surface area contributed by atoms with Crippen molar-refractivity contribution in [3.05, 3.63) is 24.3 Å². The highest BCUT2D eigenvalue weighted by molar-refractivity contribution is 7.90. The molecule has 6 heteroatoms. The minimum Gasteiger partial charge on any atom is -0.341 e. The maximum Gasteiger partial charge on any atom is 0.286 e. The van der Waals surface area contributed by atoms with E-state index in [2.05, 4.69) is 35.4 Å². The van der Waals surface area contributed by atoms with Crippen LogP contribution >= 0.6 is 0 Å². The minimum atomic E-state index is -3.59. The molecule has 5 nitrogen and oxygen atoms in total. The summed E-state index contributed by atoms with van der Waals surface area (Å²) in [5.74, 6) is 1.11. The standard InChI is InChI=1S/C17H25N3O2S/c1-4-12(2)13(3)20(14-9-10-14)11-17-18-15-7-5-6-8-16(15)23(21,22)19-17/h5-8,12-14H,4,9-11H2,1-3H3,(H,18,19)/t12-,13-/m0/s1. The van der Waals surface area contributed by atoms with E-state index in [4.69, 9.17) is 0 Å². The molecule has 1 aromatic rings. The van der Waals surface area contributed by atoms with Crippen molar-refractivity contribution in [1.29, 1.82) is 0 Å². The van der Waals surface area contributed by atoms with Crippen LogP contribution in [0, 0.1) is 5.92 Å². The van der Waals surface area contributed by atoms with E-state index in [-0.39, 0.29) is 4.90 Å². The van der Waals surface area contributed by atoms with Gasteiger partial charge < -0.3 is 5.32 Å². The molecular weight excluding hydrogens is 310 g/mol. The third-order valence-electron chi connectivity index (χ3n) is 5.01. The maximum atomic E-state index is 12.4. The van der Waals surface area contributed by atoms with Crippen molar-refractivity contribution in [2.45, 2.75) is 57.0 Å². The van der Waals surface area contributed by atoms with Crippen LogP contribution in [0.4, 0.5) is 5.69 Å². The number of nitrogens with one attached hydrogen (secondary N) is 1. The predicted octanol–water partition coefficient (Wildman–Crippen LogP) is 3.10. The van der Waals surface area contributed by atoms with Gasteiger partial charge in [0.1, 0.15) is 10.7 Å². The van der Waals surface area contributed by atoms with E-state index >= 15 is 0 Å². The number of fused-ring (bicyclic) bond motifs is 1. The quantitative estimate of drug-likeness (QED) is 0.868. The molecule has 1 heterocycles. The topological polar surface area (TPSA) is 61.8 Å². The van der Waals surface area contributed by atoms with Crippen LogP contribution in [0.15, 0.2) is 33.6 Å². The van der Waals surface area contributed by atoms with Crippen LogP contribution in [0.25, 0.3) is 0 Å². The van der Waals surface area contributed by atoms with E-state index in [1.807, 2.05) is 6.07 Å². The van der Waals surface area contributed by atoms with E-state index in [0.29, 0.717) is 36.1 Å². The Morgan fingerprint density at radius 3 is 2.65 bits per heavy atom.